The summed E-state index contributed by atoms with van der Waals surface area (Å²) in [7, 11) is 0. The van der Waals surface area contributed by atoms with Crippen LogP contribution in [0.5, 0.6) is 0 Å². The van der Waals surface area contributed by atoms with Gasteiger partial charge in [-0.25, -0.2) is 0 Å². The fraction of sp³-hybridized carbons (Fsp3) is 0.211. The highest BCUT2D eigenvalue weighted by molar-refractivity contribution is 7.98. The summed E-state index contributed by atoms with van der Waals surface area (Å²) in [6.45, 7) is 3.76. The molecule has 1 aromatic heterocycles. The van der Waals surface area contributed by atoms with E-state index in [1.54, 1.807) is 6.92 Å². The molecule has 6 heteroatoms. The molecular weight excluding hydrogens is 334 g/mol. The van der Waals surface area contributed by atoms with E-state index in [0.29, 0.717) is 23.0 Å². The number of thioether (sulfide) groups is 1. The van der Waals surface area contributed by atoms with Crippen molar-refractivity contribution in [2.24, 2.45) is 0 Å². The number of rotatable bonds is 6. The summed E-state index contributed by atoms with van der Waals surface area (Å²) in [5.41, 5.74) is 1.72. The predicted octanol–water partition coefficient (Wildman–Crippen LogP) is 4.16. The predicted molar refractivity (Wildman–Crippen MR) is 97.4 cm³/mol. The summed E-state index contributed by atoms with van der Waals surface area (Å²) in [5, 5.41) is 6.83. The van der Waals surface area contributed by atoms with E-state index >= 15 is 0 Å². The maximum absolute atomic E-state index is 12.7. The monoisotopic (exact) mass is 353 g/mol. The molecule has 0 spiro atoms. The summed E-state index contributed by atoms with van der Waals surface area (Å²) in [6.07, 6.45) is 0. The fourth-order valence-corrected chi connectivity index (χ4v) is 3.30. The lowest BCUT2D eigenvalue weighted by Gasteiger charge is -2.15. The van der Waals surface area contributed by atoms with Gasteiger partial charge in [0.2, 0.25) is 5.89 Å². The van der Waals surface area contributed by atoms with Crippen LogP contribution in [0.15, 0.2) is 64.0 Å². The van der Waals surface area contributed by atoms with Crippen molar-refractivity contribution >= 4 is 17.7 Å². The standard InChI is InChI=1S/C19H19N3O2S/c1-13(15-8-4-3-5-9-15)20-19(23)16-10-6-7-11-17(16)25-12-18-21-14(2)22-24-18/h3-11,13H,12H2,1-2H3,(H,20,23). The third-order valence-corrected chi connectivity index (χ3v) is 4.76. The first-order valence-corrected chi connectivity index (χ1v) is 8.99. The van der Waals surface area contributed by atoms with Gasteiger partial charge >= 0.3 is 0 Å². The third-order valence-electron chi connectivity index (χ3n) is 3.70. The molecule has 2 aromatic carbocycles. The van der Waals surface area contributed by atoms with Crippen LogP contribution in [-0.4, -0.2) is 16.0 Å². The lowest BCUT2D eigenvalue weighted by molar-refractivity contribution is 0.0937. The summed E-state index contributed by atoms with van der Waals surface area (Å²) in [5.74, 6) is 1.59. The highest BCUT2D eigenvalue weighted by Crippen LogP contribution is 2.26. The van der Waals surface area contributed by atoms with Crippen molar-refractivity contribution < 1.29 is 9.32 Å². The van der Waals surface area contributed by atoms with Crippen molar-refractivity contribution in [2.75, 3.05) is 0 Å². The Labute approximate surface area is 150 Å². The summed E-state index contributed by atoms with van der Waals surface area (Å²) < 4.78 is 5.13. The number of benzene rings is 2. The van der Waals surface area contributed by atoms with Crippen LogP contribution in [0, 0.1) is 6.92 Å². The second-order valence-electron chi connectivity index (χ2n) is 5.63. The van der Waals surface area contributed by atoms with Gasteiger partial charge in [-0.05, 0) is 31.5 Å². The van der Waals surface area contributed by atoms with Gasteiger partial charge in [0.25, 0.3) is 5.91 Å². The van der Waals surface area contributed by atoms with Gasteiger partial charge in [-0.3, -0.25) is 4.79 Å². The van der Waals surface area contributed by atoms with E-state index in [1.807, 2.05) is 61.5 Å². The van der Waals surface area contributed by atoms with E-state index in [4.69, 9.17) is 4.52 Å². The van der Waals surface area contributed by atoms with E-state index in [9.17, 15) is 4.79 Å². The molecule has 1 N–H and O–H groups in total. The van der Waals surface area contributed by atoms with Gasteiger partial charge in [-0.15, -0.1) is 11.8 Å². The van der Waals surface area contributed by atoms with E-state index in [1.165, 1.54) is 11.8 Å². The normalized spacial score (nSPS) is 11.9. The number of nitrogens with one attached hydrogen (secondary N) is 1. The number of aryl methyl sites for hydroxylation is 1. The van der Waals surface area contributed by atoms with E-state index in [0.717, 1.165) is 10.5 Å². The fourth-order valence-electron chi connectivity index (χ4n) is 2.42. The van der Waals surface area contributed by atoms with Crippen molar-refractivity contribution in [2.45, 2.75) is 30.5 Å². The van der Waals surface area contributed by atoms with Crippen LogP contribution in [0.2, 0.25) is 0 Å². The molecule has 0 aliphatic carbocycles. The van der Waals surface area contributed by atoms with Gasteiger partial charge in [0.1, 0.15) is 0 Å². The van der Waals surface area contributed by atoms with E-state index in [-0.39, 0.29) is 11.9 Å². The van der Waals surface area contributed by atoms with Crippen molar-refractivity contribution in [3.05, 3.63) is 77.4 Å². The second-order valence-corrected chi connectivity index (χ2v) is 6.64. The average molecular weight is 353 g/mol. The first-order chi connectivity index (χ1) is 12.1. The van der Waals surface area contributed by atoms with Gasteiger partial charge in [0.15, 0.2) is 5.82 Å². The van der Waals surface area contributed by atoms with Gasteiger partial charge in [0.05, 0.1) is 17.4 Å². The van der Waals surface area contributed by atoms with Crippen molar-refractivity contribution in [3.63, 3.8) is 0 Å². The first kappa shape index (κ1) is 17.2. The van der Waals surface area contributed by atoms with E-state index < -0.39 is 0 Å². The summed E-state index contributed by atoms with van der Waals surface area (Å²) in [6, 6.07) is 17.4. The average Bonchev–Trinajstić information content (AvgIpc) is 3.06. The number of carbonyl (C=O) groups excluding carboxylic acids is 1. The minimum atomic E-state index is -0.0961. The minimum absolute atomic E-state index is 0.0645. The quantitative estimate of drug-likeness (QED) is 0.674. The molecule has 1 unspecified atom stereocenters. The van der Waals surface area contributed by atoms with Crippen molar-refractivity contribution in [1.29, 1.82) is 0 Å². The molecule has 0 saturated carbocycles. The Bertz CT molecular complexity index is 849. The molecule has 1 amide bonds. The number of amides is 1. The highest BCUT2D eigenvalue weighted by Gasteiger charge is 2.15. The molecule has 0 saturated heterocycles. The SMILES string of the molecule is Cc1noc(CSc2ccccc2C(=O)NC(C)c2ccccc2)n1. The Kier molecular flexibility index (Phi) is 5.50. The zero-order chi connectivity index (χ0) is 17.6. The van der Waals surface area contributed by atoms with Crippen LogP contribution in [0.4, 0.5) is 0 Å². The second kappa shape index (κ2) is 7.98. The Balaban J connectivity index is 1.70. The zero-order valence-corrected chi connectivity index (χ0v) is 14.9. The summed E-state index contributed by atoms with van der Waals surface area (Å²) in [4.78, 5) is 17.8. The topological polar surface area (TPSA) is 68.0 Å². The highest BCUT2D eigenvalue weighted by atomic mass is 32.2. The molecule has 0 bridgehead atoms. The zero-order valence-electron chi connectivity index (χ0n) is 14.1. The maximum Gasteiger partial charge on any atom is 0.252 e. The van der Waals surface area contributed by atoms with Crippen LogP contribution in [0.1, 0.15) is 40.6 Å². The molecule has 0 radical (unpaired) electrons. The van der Waals surface area contributed by atoms with Crippen LogP contribution < -0.4 is 5.32 Å². The molecule has 0 aliphatic rings. The Hall–Kier alpha value is -2.60. The Morgan fingerprint density at radius 2 is 1.88 bits per heavy atom. The van der Waals surface area contributed by atoms with Gasteiger partial charge in [-0.2, -0.15) is 4.98 Å². The number of carbonyl (C=O) groups is 1. The lowest BCUT2D eigenvalue weighted by Crippen LogP contribution is -2.27. The Morgan fingerprint density at radius 3 is 2.60 bits per heavy atom. The molecule has 0 aliphatic heterocycles. The van der Waals surface area contributed by atoms with E-state index in [2.05, 4.69) is 15.5 Å². The molecule has 0 fully saturated rings. The smallest absolute Gasteiger partial charge is 0.252 e. The summed E-state index contributed by atoms with van der Waals surface area (Å²) >= 11 is 1.51. The molecular formula is C19H19N3O2S. The van der Waals surface area contributed by atoms with Gasteiger partial charge in [0, 0.05) is 4.90 Å². The lowest BCUT2D eigenvalue weighted by atomic mass is 10.1. The number of hydrogen-bond acceptors (Lipinski definition) is 5. The van der Waals surface area contributed by atoms with Crippen molar-refractivity contribution in [1.82, 2.24) is 15.5 Å². The Morgan fingerprint density at radius 1 is 1.16 bits per heavy atom. The maximum atomic E-state index is 12.7. The minimum Gasteiger partial charge on any atom is -0.345 e. The van der Waals surface area contributed by atoms with Crippen molar-refractivity contribution in [3.8, 4) is 0 Å². The van der Waals surface area contributed by atoms with Gasteiger partial charge in [-0.1, -0.05) is 47.6 Å². The largest absolute Gasteiger partial charge is 0.345 e. The van der Waals surface area contributed by atoms with Crippen LogP contribution in [0.25, 0.3) is 0 Å². The molecule has 1 heterocycles. The number of aromatic nitrogens is 2. The third kappa shape index (κ3) is 4.48. The first-order valence-electron chi connectivity index (χ1n) is 8.00. The molecule has 3 rings (SSSR count). The number of hydrogen-bond donors (Lipinski definition) is 1. The molecule has 1 atom stereocenters. The van der Waals surface area contributed by atoms with Crippen LogP contribution >= 0.6 is 11.8 Å². The van der Waals surface area contributed by atoms with Crippen LogP contribution in [-0.2, 0) is 5.75 Å². The molecule has 5 nitrogen and oxygen atoms in total. The molecule has 25 heavy (non-hydrogen) atoms. The molecule has 128 valence electrons. The van der Waals surface area contributed by atoms with Crippen LogP contribution in [0.3, 0.4) is 0 Å². The number of nitrogens with zero attached hydrogens (tertiary/aromatic N) is 2. The van der Waals surface area contributed by atoms with Gasteiger partial charge < -0.3 is 9.84 Å². The molecule has 3 aromatic rings.